The van der Waals surface area contributed by atoms with E-state index in [-0.39, 0.29) is 5.75 Å². The lowest BCUT2D eigenvalue weighted by molar-refractivity contribution is -0.158. The van der Waals surface area contributed by atoms with Crippen molar-refractivity contribution in [3.8, 4) is 11.5 Å². The van der Waals surface area contributed by atoms with Crippen molar-refractivity contribution in [2.75, 3.05) is 6.61 Å². The van der Waals surface area contributed by atoms with E-state index in [0.29, 0.717) is 12.4 Å². The first kappa shape index (κ1) is 14.4. The van der Waals surface area contributed by atoms with Crippen LogP contribution in [0.15, 0.2) is 12.1 Å². The average Bonchev–Trinajstić information content (AvgIpc) is 2.23. The number of hydrogen-bond donors (Lipinski definition) is 1. The smallest absolute Gasteiger partial charge is 0.349 e. The minimum atomic E-state index is -1.05. The van der Waals surface area contributed by atoms with Crippen LogP contribution in [0, 0.1) is 13.8 Å². The van der Waals surface area contributed by atoms with Gasteiger partial charge in [-0.25, -0.2) is 4.79 Å². The molecule has 0 amide bonds. The Labute approximate surface area is 108 Å². The maximum absolute atomic E-state index is 11.8. The van der Waals surface area contributed by atoms with Crippen LogP contribution in [0.4, 0.5) is 0 Å². The zero-order valence-corrected chi connectivity index (χ0v) is 11.5. The van der Waals surface area contributed by atoms with E-state index in [0.717, 1.165) is 11.1 Å². The summed E-state index contributed by atoms with van der Waals surface area (Å²) in [4.78, 5) is 11.8. The fourth-order valence-electron chi connectivity index (χ4n) is 1.69. The van der Waals surface area contributed by atoms with Crippen molar-refractivity contribution >= 4 is 5.97 Å². The highest BCUT2D eigenvalue weighted by Gasteiger charge is 2.32. The number of carbonyl (C=O) groups excluding carboxylic acids is 1. The van der Waals surface area contributed by atoms with E-state index in [2.05, 4.69) is 0 Å². The van der Waals surface area contributed by atoms with Crippen LogP contribution in [0.25, 0.3) is 0 Å². The molecule has 100 valence electrons. The van der Waals surface area contributed by atoms with Crippen LogP contribution in [-0.2, 0) is 9.53 Å². The van der Waals surface area contributed by atoms with Gasteiger partial charge in [-0.2, -0.15) is 0 Å². The summed E-state index contributed by atoms with van der Waals surface area (Å²) in [5.74, 6) is 0.383. The SMILES string of the molecule is CCOC(=O)C(C)(C)Oc1c(C)cc(O)cc1C. The molecule has 0 saturated carbocycles. The third-order valence-corrected chi connectivity index (χ3v) is 2.57. The van der Waals surface area contributed by atoms with Crippen LogP contribution in [-0.4, -0.2) is 23.3 Å². The summed E-state index contributed by atoms with van der Waals surface area (Å²) in [6.45, 7) is 9.05. The van der Waals surface area contributed by atoms with E-state index in [4.69, 9.17) is 9.47 Å². The minimum absolute atomic E-state index is 0.186. The molecule has 4 heteroatoms. The molecule has 18 heavy (non-hydrogen) atoms. The fraction of sp³-hybridized carbons (Fsp3) is 0.500. The predicted molar refractivity (Wildman–Crippen MR) is 68.9 cm³/mol. The van der Waals surface area contributed by atoms with Gasteiger partial charge in [0, 0.05) is 0 Å². The standard InChI is InChI=1S/C14H20O4/c1-6-17-13(16)14(4,5)18-12-9(2)7-11(15)8-10(12)3/h7-8,15H,6H2,1-5H3. The normalized spacial score (nSPS) is 11.2. The van der Waals surface area contributed by atoms with Gasteiger partial charge in [-0.3, -0.25) is 0 Å². The molecule has 4 nitrogen and oxygen atoms in total. The summed E-state index contributed by atoms with van der Waals surface area (Å²) in [6, 6.07) is 3.20. The molecule has 0 aliphatic rings. The molecule has 0 aliphatic heterocycles. The van der Waals surface area contributed by atoms with Gasteiger partial charge in [0.15, 0.2) is 5.60 Å². The second-order valence-corrected chi connectivity index (χ2v) is 4.74. The summed E-state index contributed by atoms with van der Waals surface area (Å²) in [5.41, 5.74) is 0.512. The number of aryl methyl sites for hydroxylation is 2. The lowest BCUT2D eigenvalue weighted by Crippen LogP contribution is -2.40. The highest BCUT2D eigenvalue weighted by Crippen LogP contribution is 2.31. The van der Waals surface area contributed by atoms with Gasteiger partial charge in [0.1, 0.15) is 11.5 Å². The van der Waals surface area contributed by atoms with Crippen molar-refractivity contribution in [1.82, 2.24) is 0 Å². The lowest BCUT2D eigenvalue weighted by Gasteiger charge is -2.26. The van der Waals surface area contributed by atoms with E-state index in [9.17, 15) is 9.90 Å². The summed E-state index contributed by atoms with van der Waals surface area (Å²) >= 11 is 0. The highest BCUT2D eigenvalue weighted by atomic mass is 16.6. The van der Waals surface area contributed by atoms with E-state index in [1.807, 2.05) is 13.8 Å². The van der Waals surface area contributed by atoms with Gasteiger partial charge in [0.2, 0.25) is 0 Å². The van der Waals surface area contributed by atoms with Crippen LogP contribution < -0.4 is 4.74 Å². The lowest BCUT2D eigenvalue weighted by atomic mass is 10.1. The van der Waals surface area contributed by atoms with Crippen LogP contribution >= 0.6 is 0 Å². The number of rotatable bonds is 4. The van der Waals surface area contributed by atoms with Crippen molar-refractivity contribution in [1.29, 1.82) is 0 Å². The van der Waals surface area contributed by atoms with Crippen molar-refractivity contribution < 1.29 is 19.4 Å². The number of ether oxygens (including phenoxy) is 2. The zero-order valence-electron chi connectivity index (χ0n) is 11.5. The molecule has 0 aliphatic carbocycles. The molecular formula is C14H20O4. The third kappa shape index (κ3) is 3.15. The first-order chi connectivity index (χ1) is 8.27. The molecule has 0 bridgehead atoms. The number of phenols is 1. The molecule has 0 aromatic heterocycles. The number of benzene rings is 1. The average molecular weight is 252 g/mol. The number of hydrogen-bond acceptors (Lipinski definition) is 4. The quantitative estimate of drug-likeness (QED) is 0.837. The van der Waals surface area contributed by atoms with Gasteiger partial charge >= 0.3 is 5.97 Å². The molecule has 0 unspecified atom stereocenters. The second kappa shape index (κ2) is 5.29. The van der Waals surface area contributed by atoms with Crippen molar-refractivity contribution in [3.63, 3.8) is 0 Å². The fourth-order valence-corrected chi connectivity index (χ4v) is 1.69. The number of esters is 1. The monoisotopic (exact) mass is 252 g/mol. The summed E-state index contributed by atoms with van der Waals surface area (Å²) in [6.07, 6.45) is 0. The van der Waals surface area contributed by atoms with Crippen molar-refractivity contribution in [2.24, 2.45) is 0 Å². The Hall–Kier alpha value is -1.71. The first-order valence-electron chi connectivity index (χ1n) is 5.94. The van der Waals surface area contributed by atoms with Gasteiger partial charge < -0.3 is 14.6 Å². The minimum Gasteiger partial charge on any atom is -0.508 e. The van der Waals surface area contributed by atoms with Crippen LogP contribution in [0.2, 0.25) is 0 Å². The molecule has 1 aromatic rings. The topological polar surface area (TPSA) is 55.8 Å². The Balaban J connectivity index is 3.00. The van der Waals surface area contributed by atoms with E-state index in [1.54, 1.807) is 32.9 Å². The van der Waals surface area contributed by atoms with Gasteiger partial charge in [0.05, 0.1) is 6.61 Å². The van der Waals surface area contributed by atoms with E-state index >= 15 is 0 Å². The molecule has 0 spiro atoms. The Morgan fingerprint density at radius 3 is 2.22 bits per heavy atom. The molecule has 0 heterocycles. The Morgan fingerprint density at radius 1 is 1.28 bits per heavy atom. The van der Waals surface area contributed by atoms with Gasteiger partial charge in [0.25, 0.3) is 0 Å². The van der Waals surface area contributed by atoms with Crippen molar-refractivity contribution in [2.45, 2.75) is 40.2 Å². The number of phenolic OH excluding ortho intramolecular Hbond substituents is 1. The van der Waals surface area contributed by atoms with Gasteiger partial charge in [-0.15, -0.1) is 0 Å². The number of aromatic hydroxyl groups is 1. The molecule has 1 aromatic carbocycles. The molecule has 0 radical (unpaired) electrons. The first-order valence-corrected chi connectivity index (χ1v) is 5.94. The van der Waals surface area contributed by atoms with Crippen LogP contribution in [0.5, 0.6) is 11.5 Å². The molecule has 0 fully saturated rings. The Kier molecular flexibility index (Phi) is 4.22. The molecule has 1 rings (SSSR count). The Morgan fingerprint density at radius 2 is 1.78 bits per heavy atom. The van der Waals surface area contributed by atoms with E-state index < -0.39 is 11.6 Å². The van der Waals surface area contributed by atoms with Gasteiger partial charge in [-0.05, 0) is 57.9 Å². The van der Waals surface area contributed by atoms with Crippen LogP contribution in [0.1, 0.15) is 31.9 Å². The summed E-state index contributed by atoms with van der Waals surface area (Å²) < 4.78 is 10.7. The molecule has 0 saturated heterocycles. The van der Waals surface area contributed by atoms with Crippen molar-refractivity contribution in [3.05, 3.63) is 23.3 Å². The predicted octanol–water partition coefficient (Wildman–Crippen LogP) is 2.73. The summed E-state index contributed by atoms with van der Waals surface area (Å²) in [5, 5.41) is 9.46. The number of carbonyl (C=O) groups is 1. The Bertz CT molecular complexity index is 426. The van der Waals surface area contributed by atoms with E-state index in [1.165, 1.54) is 0 Å². The van der Waals surface area contributed by atoms with Crippen LogP contribution in [0.3, 0.4) is 0 Å². The summed E-state index contributed by atoms with van der Waals surface area (Å²) in [7, 11) is 0. The third-order valence-electron chi connectivity index (χ3n) is 2.57. The second-order valence-electron chi connectivity index (χ2n) is 4.74. The molecule has 0 atom stereocenters. The maximum atomic E-state index is 11.8. The zero-order chi connectivity index (χ0) is 13.9. The maximum Gasteiger partial charge on any atom is 0.349 e. The van der Waals surface area contributed by atoms with Gasteiger partial charge in [-0.1, -0.05) is 0 Å². The highest BCUT2D eigenvalue weighted by molar-refractivity contribution is 5.79. The molecule has 1 N–H and O–H groups in total. The molecular weight excluding hydrogens is 232 g/mol. The largest absolute Gasteiger partial charge is 0.508 e.